The quantitative estimate of drug-likeness (QED) is 0.642. The van der Waals surface area contributed by atoms with E-state index in [0.29, 0.717) is 5.13 Å². The number of benzene rings is 1. The highest BCUT2D eigenvalue weighted by Crippen LogP contribution is 2.09. The molecular formula is C11H9N3O2S. The fraction of sp³-hybridized carbons (Fsp3) is 0. The van der Waals surface area contributed by atoms with Gasteiger partial charge in [0.1, 0.15) is 0 Å². The molecule has 0 unspecified atom stereocenters. The van der Waals surface area contributed by atoms with Crippen molar-refractivity contribution in [2.45, 2.75) is 0 Å². The van der Waals surface area contributed by atoms with Gasteiger partial charge in [0, 0.05) is 11.6 Å². The van der Waals surface area contributed by atoms with E-state index >= 15 is 0 Å². The number of thiazole rings is 1. The molecule has 5 nitrogen and oxygen atoms in total. The summed E-state index contributed by atoms with van der Waals surface area (Å²) in [6, 6.07) is 6.45. The number of hydrazone groups is 1. The van der Waals surface area contributed by atoms with Crippen molar-refractivity contribution in [3.8, 4) is 0 Å². The maximum Gasteiger partial charge on any atom is 0.335 e. The Balaban J connectivity index is 1.99. The van der Waals surface area contributed by atoms with Crippen LogP contribution in [0.4, 0.5) is 5.13 Å². The molecule has 0 aliphatic heterocycles. The number of aromatic nitrogens is 1. The van der Waals surface area contributed by atoms with Gasteiger partial charge in [-0.1, -0.05) is 12.1 Å². The summed E-state index contributed by atoms with van der Waals surface area (Å²) in [6.45, 7) is 0. The van der Waals surface area contributed by atoms with E-state index in [1.54, 1.807) is 24.5 Å². The Morgan fingerprint density at radius 2 is 2.18 bits per heavy atom. The molecule has 0 amide bonds. The third-order valence-electron chi connectivity index (χ3n) is 1.96. The van der Waals surface area contributed by atoms with Crippen LogP contribution in [0.3, 0.4) is 0 Å². The number of rotatable bonds is 4. The highest BCUT2D eigenvalue weighted by atomic mass is 32.1. The standard InChI is InChI=1S/C11H9N3O2S/c15-10(16)9-3-1-8(2-4-9)7-13-14-11-12-5-6-17-11/h1-7H,(H,12,14)(H,15,16)/b13-7-. The van der Waals surface area contributed by atoms with Crippen molar-refractivity contribution in [2.75, 3.05) is 5.43 Å². The zero-order valence-corrected chi connectivity index (χ0v) is 9.52. The van der Waals surface area contributed by atoms with Gasteiger partial charge >= 0.3 is 5.97 Å². The van der Waals surface area contributed by atoms with Crippen LogP contribution in [0, 0.1) is 0 Å². The molecule has 0 saturated heterocycles. The first-order valence-electron chi connectivity index (χ1n) is 4.77. The number of nitrogens with one attached hydrogen (secondary N) is 1. The zero-order valence-electron chi connectivity index (χ0n) is 8.70. The Hall–Kier alpha value is -2.21. The molecule has 6 heteroatoms. The Morgan fingerprint density at radius 3 is 2.76 bits per heavy atom. The van der Waals surface area contributed by atoms with Crippen molar-refractivity contribution in [2.24, 2.45) is 5.10 Å². The molecule has 0 spiro atoms. The molecule has 0 atom stereocenters. The van der Waals surface area contributed by atoms with Crippen molar-refractivity contribution in [3.05, 3.63) is 47.0 Å². The lowest BCUT2D eigenvalue weighted by Crippen LogP contribution is -1.96. The largest absolute Gasteiger partial charge is 0.478 e. The van der Waals surface area contributed by atoms with Crippen LogP contribution in [0.1, 0.15) is 15.9 Å². The SMILES string of the molecule is O=C(O)c1ccc(/C=N\Nc2nccs2)cc1. The van der Waals surface area contributed by atoms with Crippen LogP contribution >= 0.6 is 11.3 Å². The number of anilines is 1. The van der Waals surface area contributed by atoms with E-state index in [-0.39, 0.29) is 5.56 Å². The molecule has 2 rings (SSSR count). The molecule has 1 aromatic carbocycles. The van der Waals surface area contributed by atoms with Gasteiger partial charge in [0.2, 0.25) is 5.13 Å². The monoisotopic (exact) mass is 247 g/mol. The smallest absolute Gasteiger partial charge is 0.335 e. The van der Waals surface area contributed by atoms with Gasteiger partial charge in [0.15, 0.2) is 0 Å². The normalized spacial score (nSPS) is 10.6. The van der Waals surface area contributed by atoms with Crippen molar-refractivity contribution in [3.63, 3.8) is 0 Å². The summed E-state index contributed by atoms with van der Waals surface area (Å²) >= 11 is 1.45. The van der Waals surface area contributed by atoms with Crippen LogP contribution in [0.15, 0.2) is 40.9 Å². The molecule has 1 aromatic heterocycles. The summed E-state index contributed by atoms with van der Waals surface area (Å²) in [4.78, 5) is 14.6. The van der Waals surface area contributed by atoms with Crippen molar-refractivity contribution >= 4 is 28.7 Å². The number of nitrogens with zero attached hydrogens (tertiary/aromatic N) is 2. The predicted molar refractivity (Wildman–Crippen MR) is 66.7 cm³/mol. The van der Waals surface area contributed by atoms with Crippen molar-refractivity contribution in [1.29, 1.82) is 0 Å². The molecule has 0 saturated carbocycles. The number of carbonyl (C=O) groups is 1. The molecule has 86 valence electrons. The number of hydrogen-bond donors (Lipinski definition) is 2. The molecule has 0 radical (unpaired) electrons. The van der Waals surface area contributed by atoms with Crippen LogP contribution in [0.5, 0.6) is 0 Å². The summed E-state index contributed by atoms with van der Waals surface area (Å²) in [5.74, 6) is -0.936. The lowest BCUT2D eigenvalue weighted by atomic mass is 10.1. The van der Waals surface area contributed by atoms with E-state index in [1.165, 1.54) is 23.5 Å². The Labute approximate surface area is 101 Å². The molecule has 1 heterocycles. The summed E-state index contributed by atoms with van der Waals surface area (Å²) in [5, 5.41) is 15.3. The molecule has 0 bridgehead atoms. The summed E-state index contributed by atoms with van der Waals surface area (Å²) in [6.07, 6.45) is 3.29. The summed E-state index contributed by atoms with van der Waals surface area (Å²) < 4.78 is 0. The molecule has 2 N–H and O–H groups in total. The van der Waals surface area contributed by atoms with Crippen molar-refractivity contribution in [1.82, 2.24) is 4.98 Å². The first-order valence-corrected chi connectivity index (χ1v) is 5.65. The first kappa shape index (κ1) is 11.3. The van der Waals surface area contributed by atoms with Crippen LogP contribution in [-0.2, 0) is 0 Å². The lowest BCUT2D eigenvalue weighted by molar-refractivity contribution is 0.0697. The highest BCUT2D eigenvalue weighted by Gasteiger charge is 2.00. The van der Waals surface area contributed by atoms with Gasteiger partial charge in [0.25, 0.3) is 0 Å². The van der Waals surface area contributed by atoms with Gasteiger partial charge < -0.3 is 5.11 Å². The maximum absolute atomic E-state index is 10.6. The minimum Gasteiger partial charge on any atom is -0.478 e. The number of aromatic carboxylic acids is 1. The fourth-order valence-corrected chi connectivity index (χ4v) is 1.63. The van der Waals surface area contributed by atoms with E-state index in [9.17, 15) is 4.79 Å². The van der Waals surface area contributed by atoms with Gasteiger partial charge in [0.05, 0.1) is 11.8 Å². The van der Waals surface area contributed by atoms with Crippen LogP contribution < -0.4 is 5.43 Å². The third-order valence-corrected chi connectivity index (χ3v) is 2.64. The van der Waals surface area contributed by atoms with Gasteiger partial charge in [-0.15, -0.1) is 11.3 Å². The summed E-state index contributed by atoms with van der Waals surface area (Å²) in [7, 11) is 0. The second-order valence-electron chi connectivity index (χ2n) is 3.13. The fourth-order valence-electron chi connectivity index (χ4n) is 1.15. The predicted octanol–water partition coefficient (Wildman–Crippen LogP) is 2.29. The van der Waals surface area contributed by atoms with E-state index in [2.05, 4.69) is 15.5 Å². The molecule has 0 aliphatic rings. The highest BCUT2D eigenvalue weighted by molar-refractivity contribution is 7.13. The van der Waals surface area contributed by atoms with E-state index in [1.807, 2.05) is 5.38 Å². The molecule has 17 heavy (non-hydrogen) atoms. The summed E-state index contributed by atoms with van der Waals surface area (Å²) in [5.41, 5.74) is 3.85. The molecule has 0 fully saturated rings. The number of carboxylic acid groups (broad SMARTS) is 1. The first-order chi connectivity index (χ1) is 8.25. The Bertz CT molecular complexity index is 520. The maximum atomic E-state index is 10.6. The molecular weight excluding hydrogens is 238 g/mol. The lowest BCUT2D eigenvalue weighted by Gasteiger charge is -1.96. The minimum atomic E-state index is -0.936. The number of carboxylic acids is 1. The molecule has 0 aliphatic carbocycles. The van der Waals surface area contributed by atoms with Gasteiger partial charge in [-0.3, -0.25) is 5.43 Å². The second-order valence-corrected chi connectivity index (χ2v) is 4.03. The van der Waals surface area contributed by atoms with Gasteiger partial charge in [-0.2, -0.15) is 5.10 Å². The minimum absolute atomic E-state index is 0.259. The van der Waals surface area contributed by atoms with Gasteiger partial charge in [-0.05, 0) is 17.7 Å². The van der Waals surface area contributed by atoms with Gasteiger partial charge in [-0.25, -0.2) is 9.78 Å². The average Bonchev–Trinajstić information content (AvgIpc) is 2.83. The van der Waals surface area contributed by atoms with E-state index < -0.39 is 5.97 Å². The Kier molecular flexibility index (Phi) is 3.46. The zero-order chi connectivity index (χ0) is 12.1. The average molecular weight is 247 g/mol. The van der Waals surface area contributed by atoms with Crippen LogP contribution in [-0.4, -0.2) is 22.3 Å². The third kappa shape index (κ3) is 3.12. The molecule has 2 aromatic rings. The van der Waals surface area contributed by atoms with E-state index in [4.69, 9.17) is 5.11 Å². The van der Waals surface area contributed by atoms with Crippen LogP contribution in [0.25, 0.3) is 0 Å². The number of hydrogen-bond acceptors (Lipinski definition) is 5. The second kappa shape index (κ2) is 5.22. The van der Waals surface area contributed by atoms with E-state index in [0.717, 1.165) is 5.56 Å². The topological polar surface area (TPSA) is 74.6 Å². The van der Waals surface area contributed by atoms with Crippen LogP contribution in [0.2, 0.25) is 0 Å². The van der Waals surface area contributed by atoms with Crippen molar-refractivity contribution < 1.29 is 9.90 Å². The Morgan fingerprint density at radius 1 is 1.41 bits per heavy atom.